The Morgan fingerprint density at radius 2 is 2.37 bits per heavy atom. The molecule has 1 aliphatic heterocycles. The molecule has 5 nitrogen and oxygen atoms in total. The predicted molar refractivity (Wildman–Crippen MR) is 75.1 cm³/mol. The third-order valence-electron chi connectivity index (χ3n) is 3.58. The van der Waals surface area contributed by atoms with Gasteiger partial charge in [0.2, 0.25) is 5.95 Å². The van der Waals surface area contributed by atoms with E-state index in [0.717, 1.165) is 26.1 Å². The Labute approximate surface area is 113 Å². The lowest BCUT2D eigenvalue weighted by molar-refractivity contribution is 0.313. The molecule has 0 aliphatic carbocycles. The van der Waals surface area contributed by atoms with Crippen LogP contribution >= 0.6 is 0 Å². The topological polar surface area (TPSA) is 44.3 Å². The summed E-state index contributed by atoms with van der Waals surface area (Å²) in [5.74, 6) is 0.474. The quantitative estimate of drug-likeness (QED) is 0.877. The minimum absolute atomic E-state index is 0.367. The van der Waals surface area contributed by atoms with Crippen LogP contribution in [0.3, 0.4) is 0 Å². The number of aromatic nitrogens is 2. The van der Waals surface area contributed by atoms with Crippen molar-refractivity contribution in [2.45, 2.75) is 25.8 Å². The van der Waals surface area contributed by atoms with E-state index < -0.39 is 0 Å². The van der Waals surface area contributed by atoms with Gasteiger partial charge in [-0.1, -0.05) is 0 Å². The highest BCUT2D eigenvalue weighted by atomic mass is 19.1. The van der Waals surface area contributed by atoms with Gasteiger partial charge in [0.15, 0.2) is 11.6 Å². The zero-order valence-corrected chi connectivity index (χ0v) is 11.9. The molecule has 1 fully saturated rings. The number of anilines is 2. The molecule has 0 aromatic carbocycles. The van der Waals surface area contributed by atoms with E-state index in [9.17, 15) is 4.39 Å². The second kappa shape index (κ2) is 6.14. The highest BCUT2D eigenvalue weighted by Gasteiger charge is 2.23. The van der Waals surface area contributed by atoms with Crippen LogP contribution in [0.5, 0.6) is 0 Å². The molecule has 1 aromatic heterocycles. The van der Waals surface area contributed by atoms with Crippen molar-refractivity contribution in [3.8, 4) is 0 Å². The number of rotatable bonds is 5. The van der Waals surface area contributed by atoms with Crippen LogP contribution in [0.2, 0.25) is 0 Å². The summed E-state index contributed by atoms with van der Waals surface area (Å²) in [7, 11) is 4.00. The second-order valence-electron chi connectivity index (χ2n) is 5.05. The first-order chi connectivity index (χ1) is 9.11. The van der Waals surface area contributed by atoms with Crippen LogP contribution in [0.1, 0.15) is 19.8 Å². The average molecular weight is 267 g/mol. The van der Waals surface area contributed by atoms with Gasteiger partial charge in [0.25, 0.3) is 0 Å². The third kappa shape index (κ3) is 3.32. The first-order valence-electron chi connectivity index (χ1n) is 6.79. The fourth-order valence-corrected chi connectivity index (χ4v) is 2.48. The standard InChI is InChI=1S/C13H22FN5/c1-4-15-13-16-8-11(14)12(17-13)19(3)9-10-6-5-7-18(10)2/h8,10H,4-7,9H2,1-3H3,(H,15,16,17). The summed E-state index contributed by atoms with van der Waals surface area (Å²) in [6.45, 7) is 4.59. The Morgan fingerprint density at radius 1 is 1.58 bits per heavy atom. The van der Waals surface area contributed by atoms with Crippen molar-refractivity contribution in [3.63, 3.8) is 0 Å². The first-order valence-corrected chi connectivity index (χ1v) is 6.79. The van der Waals surface area contributed by atoms with Crippen LogP contribution < -0.4 is 10.2 Å². The van der Waals surface area contributed by atoms with Crippen molar-refractivity contribution in [1.82, 2.24) is 14.9 Å². The SMILES string of the molecule is CCNc1ncc(F)c(N(C)CC2CCCN2C)n1. The van der Waals surface area contributed by atoms with Crippen molar-refractivity contribution in [1.29, 1.82) is 0 Å². The zero-order valence-electron chi connectivity index (χ0n) is 11.9. The number of halogens is 1. The fourth-order valence-electron chi connectivity index (χ4n) is 2.48. The molecule has 0 radical (unpaired) electrons. The van der Waals surface area contributed by atoms with E-state index in [0.29, 0.717) is 17.8 Å². The Hall–Kier alpha value is -1.43. The molecule has 1 N–H and O–H groups in total. The maximum atomic E-state index is 13.8. The lowest BCUT2D eigenvalue weighted by Gasteiger charge is -2.26. The summed E-state index contributed by atoms with van der Waals surface area (Å²) in [5.41, 5.74) is 0. The predicted octanol–water partition coefficient (Wildman–Crippen LogP) is 1.58. The van der Waals surface area contributed by atoms with Gasteiger partial charge in [-0.25, -0.2) is 9.37 Å². The second-order valence-corrected chi connectivity index (χ2v) is 5.05. The average Bonchev–Trinajstić information content (AvgIpc) is 2.77. The summed E-state index contributed by atoms with van der Waals surface area (Å²) >= 11 is 0. The van der Waals surface area contributed by atoms with Crippen molar-refractivity contribution >= 4 is 11.8 Å². The summed E-state index contributed by atoms with van der Waals surface area (Å²) < 4.78 is 13.8. The summed E-state index contributed by atoms with van der Waals surface area (Å²) in [6.07, 6.45) is 3.60. The maximum absolute atomic E-state index is 13.8. The monoisotopic (exact) mass is 267 g/mol. The lowest BCUT2D eigenvalue weighted by Crippen LogP contribution is -2.37. The van der Waals surface area contributed by atoms with Gasteiger partial charge in [0, 0.05) is 26.2 Å². The third-order valence-corrected chi connectivity index (χ3v) is 3.58. The molecule has 2 heterocycles. The Morgan fingerprint density at radius 3 is 3.00 bits per heavy atom. The number of likely N-dealkylation sites (tertiary alicyclic amines) is 1. The molecule has 1 aliphatic rings. The number of nitrogens with one attached hydrogen (secondary N) is 1. The van der Waals surface area contributed by atoms with E-state index in [-0.39, 0.29) is 5.82 Å². The van der Waals surface area contributed by atoms with Gasteiger partial charge in [-0.15, -0.1) is 0 Å². The van der Waals surface area contributed by atoms with E-state index in [1.165, 1.54) is 12.6 Å². The van der Waals surface area contributed by atoms with Gasteiger partial charge in [0.1, 0.15) is 0 Å². The van der Waals surface area contributed by atoms with Crippen molar-refractivity contribution in [2.24, 2.45) is 0 Å². The van der Waals surface area contributed by atoms with E-state index in [2.05, 4.69) is 27.2 Å². The number of hydrogen-bond acceptors (Lipinski definition) is 5. The molecular formula is C13H22FN5. The van der Waals surface area contributed by atoms with Crippen LogP contribution in [0.15, 0.2) is 6.20 Å². The largest absolute Gasteiger partial charge is 0.356 e. The molecule has 0 bridgehead atoms. The minimum Gasteiger partial charge on any atom is -0.356 e. The van der Waals surface area contributed by atoms with E-state index in [4.69, 9.17) is 0 Å². The van der Waals surface area contributed by atoms with Gasteiger partial charge < -0.3 is 15.1 Å². The van der Waals surface area contributed by atoms with E-state index in [1.807, 2.05) is 18.9 Å². The van der Waals surface area contributed by atoms with Crippen LogP contribution in [0, 0.1) is 5.82 Å². The zero-order chi connectivity index (χ0) is 13.8. The molecule has 1 unspecified atom stereocenters. The molecule has 106 valence electrons. The van der Waals surface area contributed by atoms with E-state index >= 15 is 0 Å². The molecule has 19 heavy (non-hydrogen) atoms. The minimum atomic E-state index is -0.371. The Balaban J connectivity index is 2.08. The van der Waals surface area contributed by atoms with Crippen LogP contribution in [-0.2, 0) is 0 Å². The molecule has 6 heteroatoms. The molecule has 2 rings (SSSR count). The normalized spacial score (nSPS) is 19.7. The van der Waals surface area contributed by atoms with E-state index in [1.54, 1.807) is 0 Å². The molecule has 1 atom stereocenters. The first kappa shape index (κ1) is 14.0. The van der Waals surface area contributed by atoms with Gasteiger partial charge in [0.05, 0.1) is 6.20 Å². The van der Waals surface area contributed by atoms with Crippen molar-refractivity contribution in [2.75, 3.05) is 43.9 Å². The molecule has 1 aromatic rings. The Bertz CT molecular complexity index is 425. The molecule has 0 amide bonds. The molecule has 1 saturated heterocycles. The molecule has 0 saturated carbocycles. The maximum Gasteiger partial charge on any atom is 0.224 e. The number of nitrogens with zero attached hydrogens (tertiary/aromatic N) is 4. The summed E-state index contributed by atoms with van der Waals surface area (Å²) in [6, 6.07) is 0.474. The van der Waals surface area contributed by atoms with Crippen LogP contribution in [0.4, 0.5) is 16.2 Å². The fraction of sp³-hybridized carbons (Fsp3) is 0.692. The summed E-state index contributed by atoms with van der Waals surface area (Å²) in [4.78, 5) is 12.4. The Kier molecular flexibility index (Phi) is 4.52. The molecular weight excluding hydrogens is 245 g/mol. The van der Waals surface area contributed by atoms with Crippen molar-refractivity contribution in [3.05, 3.63) is 12.0 Å². The lowest BCUT2D eigenvalue weighted by atomic mass is 10.2. The highest BCUT2D eigenvalue weighted by Crippen LogP contribution is 2.20. The van der Waals surface area contributed by atoms with Gasteiger partial charge in [-0.3, -0.25) is 0 Å². The van der Waals surface area contributed by atoms with Gasteiger partial charge >= 0.3 is 0 Å². The van der Waals surface area contributed by atoms with Crippen molar-refractivity contribution < 1.29 is 4.39 Å². The van der Waals surface area contributed by atoms with Gasteiger partial charge in [-0.05, 0) is 33.4 Å². The molecule has 0 spiro atoms. The van der Waals surface area contributed by atoms with Gasteiger partial charge in [-0.2, -0.15) is 4.98 Å². The van der Waals surface area contributed by atoms with Crippen LogP contribution in [0.25, 0.3) is 0 Å². The number of hydrogen-bond donors (Lipinski definition) is 1. The smallest absolute Gasteiger partial charge is 0.224 e. The van der Waals surface area contributed by atoms with Crippen LogP contribution in [-0.4, -0.2) is 54.6 Å². The highest BCUT2D eigenvalue weighted by molar-refractivity contribution is 5.43. The number of likely N-dealkylation sites (N-methyl/N-ethyl adjacent to an activating group) is 2. The summed E-state index contributed by atoms with van der Waals surface area (Å²) in [5, 5.41) is 3.01.